The van der Waals surface area contributed by atoms with Crippen LogP contribution in [-0.4, -0.2) is 37.2 Å². The number of hydrogen-bond acceptors (Lipinski definition) is 5. The van der Waals surface area contributed by atoms with Gasteiger partial charge in [-0.15, -0.1) is 0 Å². The molecule has 4 nitrogen and oxygen atoms in total. The number of ether oxygens (including phenoxy) is 1. The van der Waals surface area contributed by atoms with E-state index in [4.69, 9.17) is 14.0 Å². The first-order valence-corrected chi connectivity index (χ1v) is 9.08. The van der Waals surface area contributed by atoms with Crippen LogP contribution in [0.3, 0.4) is 0 Å². The van der Waals surface area contributed by atoms with Crippen LogP contribution in [-0.2, 0) is 14.0 Å². The molecule has 0 aliphatic carbocycles. The largest absolute Gasteiger partial charge is 0.491 e. The normalized spacial score (nSPS) is 19.5. The van der Waals surface area contributed by atoms with Crippen LogP contribution in [0.5, 0.6) is 0 Å². The van der Waals surface area contributed by atoms with Crippen LogP contribution in [0.2, 0.25) is 0 Å². The van der Waals surface area contributed by atoms with Crippen molar-refractivity contribution in [3.8, 4) is 0 Å². The van der Waals surface area contributed by atoms with Crippen LogP contribution < -0.4 is 0 Å². The van der Waals surface area contributed by atoms with E-state index in [1.54, 1.807) is 12.1 Å². The topological polar surface area (TPSA) is 44.8 Å². The average molecular weight is 413 g/mol. The van der Waals surface area contributed by atoms with Gasteiger partial charge < -0.3 is 14.0 Å². The summed E-state index contributed by atoms with van der Waals surface area (Å²) in [5.74, 6) is 0.133. The first kappa shape index (κ1) is 19.6. The molecular weight excluding hydrogens is 391 g/mol. The first-order chi connectivity index (χ1) is 11.1. The second-order valence-electron chi connectivity index (χ2n) is 6.69. The summed E-state index contributed by atoms with van der Waals surface area (Å²) >= 11 is 7.92. The molecular formula is C17H22BBrO4S. The van der Waals surface area contributed by atoms with E-state index in [1.807, 2.05) is 39.8 Å². The molecule has 1 aromatic rings. The van der Waals surface area contributed by atoms with Gasteiger partial charge >= 0.3 is 13.1 Å². The molecule has 0 radical (unpaired) electrons. The van der Waals surface area contributed by atoms with Crippen LogP contribution in [0.1, 0.15) is 43.6 Å². The standard InChI is InChI=1S/C17H22BBrO4S/c1-16(2)17(3,4)23-18(22-16)13(10-24)8-11-6-7-12(9-14(11)19)15(20)21-5/h6-9,24H,10H2,1-5H3. The minimum Gasteiger partial charge on any atom is -0.465 e. The smallest absolute Gasteiger partial charge is 0.465 e. The van der Waals surface area contributed by atoms with Gasteiger partial charge in [-0.3, -0.25) is 0 Å². The molecule has 24 heavy (non-hydrogen) atoms. The van der Waals surface area contributed by atoms with Crippen molar-refractivity contribution in [2.45, 2.75) is 38.9 Å². The Bertz CT molecular complexity index is 657. The Labute approximate surface area is 157 Å². The number of halogens is 1. The summed E-state index contributed by atoms with van der Waals surface area (Å²) in [7, 11) is 0.918. The van der Waals surface area contributed by atoms with E-state index >= 15 is 0 Å². The van der Waals surface area contributed by atoms with Gasteiger partial charge in [-0.2, -0.15) is 12.6 Å². The molecule has 0 saturated carbocycles. The summed E-state index contributed by atoms with van der Waals surface area (Å²) in [6, 6.07) is 5.31. The highest BCUT2D eigenvalue weighted by atomic mass is 79.9. The van der Waals surface area contributed by atoms with E-state index in [9.17, 15) is 4.79 Å². The second-order valence-corrected chi connectivity index (χ2v) is 7.86. The summed E-state index contributed by atoms with van der Waals surface area (Å²) in [5.41, 5.74) is 1.53. The third-order valence-electron chi connectivity index (χ3n) is 4.50. The molecule has 1 aromatic carbocycles. The molecule has 1 aliphatic heterocycles. The molecule has 7 heteroatoms. The molecule has 0 bridgehead atoms. The zero-order valence-corrected chi connectivity index (χ0v) is 17.0. The summed E-state index contributed by atoms with van der Waals surface area (Å²) in [5, 5.41) is 0. The predicted octanol–water partition coefficient (Wildman–Crippen LogP) is 4.18. The number of carbonyl (C=O) groups excluding carboxylic acids is 1. The Morgan fingerprint density at radius 2 is 1.88 bits per heavy atom. The van der Waals surface area contributed by atoms with Crippen LogP contribution in [0.15, 0.2) is 28.1 Å². The lowest BCUT2D eigenvalue weighted by molar-refractivity contribution is 0.00578. The van der Waals surface area contributed by atoms with Gasteiger partial charge in [0.15, 0.2) is 0 Å². The van der Waals surface area contributed by atoms with E-state index in [1.165, 1.54) is 7.11 Å². The van der Waals surface area contributed by atoms with Crippen LogP contribution in [0, 0.1) is 0 Å². The van der Waals surface area contributed by atoms with E-state index in [0.717, 1.165) is 15.5 Å². The fourth-order valence-electron chi connectivity index (χ4n) is 2.27. The van der Waals surface area contributed by atoms with Crippen molar-refractivity contribution < 1.29 is 18.8 Å². The number of rotatable bonds is 4. The number of thiol groups is 1. The van der Waals surface area contributed by atoms with Crippen LogP contribution in [0.4, 0.5) is 0 Å². The van der Waals surface area contributed by atoms with Crippen molar-refractivity contribution in [1.29, 1.82) is 0 Å². The van der Waals surface area contributed by atoms with Crippen molar-refractivity contribution in [2.24, 2.45) is 0 Å². The highest BCUT2D eigenvalue weighted by Gasteiger charge is 2.52. The third kappa shape index (κ3) is 3.90. The van der Waals surface area contributed by atoms with Gasteiger partial charge in [0.1, 0.15) is 0 Å². The number of methoxy groups -OCH3 is 1. The average Bonchev–Trinajstić information content (AvgIpc) is 2.73. The molecule has 0 spiro atoms. The molecule has 0 aromatic heterocycles. The van der Waals surface area contributed by atoms with E-state index < -0.39 is 18.3 Å². The minimum atomic E-state index is -0.445. The monoisotopic (exact) mass is 412 g/mol. The molecule has 1 heterocycles. The highest BCUT2D eigenvalue weighted by Crippen LogP contribution is 2.39. The van der Waals surface area contributed by atoms with Gasteiger partial charge in [-0.05, 0) is 50.9 Å². The Kier molecular flexibility index (Phi) is 5.90. The van der Waals surface area contributed by atoms with E-state index in [-0.39, 0.29) is 5.97 Å². The van der Waals surface area contributed by atoms with Crippen LogP contribution >= 0.6 is 28.6 Å². The molecule has 0 N–H and O–H groups in total. The second kappa shape index (κ2) is 7.24. The molecule has 0 unspecified atom stereocenters. The molecule has 1 fully saturated rings. The van der Waals surface area contributed by atoms with Crippen molar-refractivity contribution in [2.75, 3.05) is 12.9 Å². The molecule has 0 atom stereocenters. The van der Waals surface area contributed by atoms with E-state index in [2.05, 4.69) is 28.6 Å². The molecule has 1 saturated heterocycles. The van der Waals surface area contributed by atoms with E-state index in [0.29, 0.717) is 11.3 Å². The number of carbonyl (C=O) groups is 1. The Morgan fingerprint density at radius 3 is 2.33 bits per heavy atom. The zero-order chi connectivity index (χ0) is 18.1. The number of esters is 1. The van der Waals surface area contributed by atoms with Crippen LogP contribution in [0.25, 0.3) is 6.08 Å². The van der Waals surface area contributed by atoms with Crippen molar-refractivity contribution >= 4 is 47.7 Å². The van der Waals surface area contributed by atoms with Crippen molar-refractivity contribution in [1.82, 2.24) is 0 Å². The fourth-order valence-corrected chi connectivity index (χ4v) is 3.01. The lowest BCUT2D eigenvalue weighted by Gasteiger charge is -2.32. The van der Waals surface area contributed by atoms with Gasteiger partial charge in [-0.25, -0.2) is 4.79 Å². The summed E-state index contributed by atoms with van der Waals surface area (Å²) in [6.45, 7) is 8.07. The fraction of sp³-hybridized carbons (Fsp3) is 0.471. The van der Waals surface area contributed by atoms with Gasteiger partial charge in [0, 0.05) is 10.2 Å². The Morgan fingerprint density at radius 1 is 1.29 bits per heavy atom. The Hall–Kier alpha value is -0.755. The lowest BCUT2D eigenvalue weighted by Crippen LogP contribution is -2.41. The molecule has 130 valence electrons. The summed E-state index contributed by atoms with van der Waals surface area (Å²) < 4.78 is 17.7. The molecule has 2 rings (SSSR count). The predicted molar refractivity (Wildman–Crippen MR) is 103 cm³/mol. The number of benzene rings is 1. The maximum Gasteiger partial charge on any atom is 0.491 e. The first-order valence-electron chi connectivity index (χ1n) is 7.66. The molecule has 0 amide bonds. The summed E-state index contributed by atoms with van der Waals surface area (Å²) in [6.07, 6.45) is 1.97. The van der Waals surface area contributed by atoms with Crippen molar-refractivity contribution in [3.05, 3.63) is 39.3 Å². The molecule has 1 aliphatic rings. The van der Waals surface area contributed by atoms with Gasteiger partial charge in [0.05, 0.1) is 23.9 Å². The maximum absolute atomic E-state index is 11.6. The van der Waals surface area contributed by atoms with Gasteiger partial charge in [0.25, 0.3) is 0 Å². The van der Waals surface area contributed by atoms with Gasteiger partial charge in [-0.1, -0.05) is 28.1 Å². The highest BCUT2D eigenvalue weighted by molar-refractivity contribution is 9.10. The Balaban J connectivity index is 2.30. The van der Waals surface area contributed by atoms with Gasteiger partial charge in [0.2, 0.25) is 0 Å². The third-order valence-corrected chi connectivity index (χ3v) is 5.55. The lowest BCUT2D eigenvalue weighted by atomic mass is 9.78. The minimum absolute atomic E-state index is 0.369. The van der Waals surface area contributed by atoms with Crippen molar-refractivity contribution in [3.63, 3.8) is 0 Å². The maximum atomic E-state index is 11.6. The summed E-state index contributed by atoms with van der Waals surface area (Å²) in [4.78, 5) is 11.6. The zero-order valence-electron chi connectivity index (χ0n) is 14.6. The quantitative estimate of drug-likeness (QED) is 0.457. The SMILES string of the molecule is COC(=O)c1ccc(C=C(CS)B2OC(C)(C)C(C)(C)O2)c(Br)c1. The number of hydrogen-bond donors (Lipinski definition) is 1.